The van der Waals surface area contributed by atoms with Crippen LogP contribution < -0.4 is 10.2 Å². The maximum atomic E-state index is 12.4. The van der Waals surface area contributed by atoms with Crippen LogP contribution in [0, 0.1) is 0 Å². The third-order valence-electron chi connectivity index (χ3n) is 4.46. The average Bonchev–Trinajstić information content (AvgIpc) is 2.63. The minimum Gasteiger partial charge on any atom is -0.369 e. The summed E-state index contributed by atoms with van der Waals surface area (Å²) in [4.78, 5) is 17.1. The van der Waals surface area contributed by atoms with Crippen molar-refractivity contribution in [2.45, 2.75) is 6.54 Å². The lowest BCUT2D eigenvalue weighted by atomic mass is 10.1. The van der Waals surface area contributed by atoms with Crippen molar-refractivity contribution in [2.75, 3.05) is 38.1 Å². The minimum absolute atomic E-state index is 0.160. The van der Waals surface area contributed by atoms with E-state index in [0.29, 0.717) is 22.2 Å². The summed E-state index contributed by atoms with van der Waals surface area (Å²) < 4.78 is 0. The molecule has 0 saturated carbocycles. The monoisotopic (exact) mass is 377 g/mol. The number of amides is 1. The lowest BCUT2D eigenvalue weighted by Crippen LogP contribution is -2.45. The first-order valence-electron chi connectivity index (χ1n) is 8.29. The fourth-order valence-corrected chi connectivity index (χ4v) is 3.23. The summed E-state index contributed by atoms with van der Waals surface area (Å²) in [7, 11) is 2.14. The van der Waals surface area contributed by atoms with Crippen LogP contribution in [0.3, 0.4) is 0 Å². The standard InChI is InChI=1S/C19H21Cl2N3O/c1-23-8-10-24(11-9-23)18-5-3-2-4-15(18)13-22-19(25)14-6-7-16(20)17(21)12-14/h2-7,12H,8-11,13H2,1H3,(H,22,25). The van der Waals surface area contributed by atoms with Crippen molar-refractivity contribution in [2.24, 2.45) is 0 Å². The van der Waals surface area contributed by atoms with Gasteiger partial charge in [-0.1, -0.05) is 41.4 Å². The smallest absolute Gasteiger partial charge is 0.251 e. The zero-order valence-electron chi connectivity index (χ0n) is 14.1. The number of benzene rings is 2. The fourth-order valence-electron chi connectivity index (χ4n) is 2.93. The van der Waals surface area contributed by atoms with Crippen LogP contribution in [0.5, 0.6) is 0 Å². The second-order valence-electron chi connectivity index (χ2n) is 6.23. The van der Waals surface area contributed by atoms with Gasteiger partial charge in [-0.05, 0) is 36.9 Å². The van der Waals surface area contributed by atoms with Crippen LogP contribution in [-0.4, -0.2) is 44.0 Å². The fraction of sp³-hybridized carbons (Fsp3) is 0.316. The number of nitrogens with zero attached hydrogens (tertiary/aromatic N) is 2. The predicted octanol–water partition coefficient (Wildman–Crippen LogP) is 3.68. The molecule has 0 atom stereocenters. The molecule has 1 N–H and O–H groups in total. The molecule has 2 aromatic carbocycles. The first kappa shape index (κ1) is 18.1. The van der Waals surface area contributed by atoms with E-state index in [1.165, 1.54) is 5.69 Å². The Morgan fingerprint density at radius 3 is 2.48 bits per heavy atom. The number of carbonyl (C=O) groups is 1. The van der Waals surface area contributed by atoms with E-state index in [0.717, 1.165) is 31.7 Å². The Hall–Kier alpha value is -1.75. The van der Waals surface area contributed by atoms with Crippen LogP contribution >= 0.6 is 23.2 Å². The van der Waals surface area contributed by atoms with E-state index >= 15 is 0 Å². The van der Waals surface area contributed by atoms with E-state index in [2.05, 4.69) is 34.3 Å². The van der Waals surface area contributed by atoms with Gasteiger partial charge in [-0.3, -0.25) is 4.79 Å². The highest BCUT2D eigenvalue weighted by Gasteiger charge is 2.17. The molecule has 25 heavy (non-hydrogen) atoms. The average molecular weight is 378 g/mol. The lowest BCUT2D eigenvalue weighted by Gasteiger charge is -2.35. The number of carbonyl (C=O) groups excluding carboxylic acids is 1. The van der Waals surface area contributed by atoms with Crippen molar-refractivity contribution in [1.29, 1.82) is 0 Å². The Balaban J connectivity index is 1.69. The van der Waals surface area contributed by atoms with Gasteiger partial charge in [-0.2, -0.15) is 0 Å². The maximum Gasteiger partial charge on any atom is 0.251 e. The van der Waals surface area contributed by atoms with Crippen LogP contribution in [0.4, 0.5) is 5.69 Å². The second-order valence-corrected chi connectivity index (χ2v) is 7.05. The summed E-state index contributed by atoms with van der Waals surface area (Å²) in [5.74, 6) is -0.160. The summed E-state index contributed by atoms with van der Waals surface area (Å²) in [5, 5.41) is 3.80. The van der Waals surface area contributed by atoms with Gasteiger partial charge in [0.2, 0.25) is 0 Å². The van der Waals surface area contributed by atoms with Crippen molar-refractivity contribution in [3.63, 3.8) is 0 Å². The maximum absolute atomic E-state index is 12.4. The number of piperazine rings is 1. The summed E-state index contributed by atoms with van der Waals surface area (Å²) in [6.45, 7) is 4.55. The quantitative estimate of drug-likeness (QED) is 0.882. The number of rotatable bonds is 4. The van der Waals surface area contributed by atoms with Crippen LogP contribution in [0.25, 0.3) is 0 Å². The summed E-state index contributed by atoms with van der Waals surface area (Å²) in [6, 6.07) is 13.1. The summed E-state index contributed by atoms with van der Waals surface area (Å²) in [6.07, 6.45) is 0. The molecule has 0 spiro atoms. The predicted molar refractivity (Wildman–Crippen MR) is 104 cm³/mol. The first-order valence-corrected chi connectivity index (χ1v) is 9.05. The molecule has 2 aromatic rings. The van der Waals surface area contributed by atoms with Gasteiger partial charge in [-0.25, -0.2) is 0 Å². The molecule has 1 heterocycles. The van der Waals surface area contributed by atoms with Crippen LogP contribution in [0.2, 0.25) is 10.0 Å². The Bertz CT molecular complexity index is 758. The molecule has 3 rings (SSSR count). The van der Waals surface area contributed by atoms with Gasteiger partial charge in [0, 0.05) is 44.0 Å². The Morgan fingerprint density at radius 2 is 1.76 bits per heavy atom. The molecule has 1 aliphatic rings. The lowest BCUT2D eigenvalue weighted by molar-refractivity contribution is 0.0951. The zero-order chi connectivity index (χ0) is 17.8. The van der Waals surface area contributed by atoms with E-state index in [1.807, 2.05) is 12.1 Å². The zero-order valence-corrected chi connectivity index (χ0v) is 15.6. The number of para-hydroxylation sites is 1. The SMILES string of the molecule is CN1CCN(c2ccccc2CNC(=O)c2ccc(Cl)c(Cl)c2)CC1. The molecule has 4 nitrogen and oxygen atoms in total. The molecule has 132 valence electrons. The van der Waals surface area contributed by atoms with Crippen molar-refractivity contribution >= 4 is 34.8 Å². The molecule has 1 fully saturated rings. The van der Waals surface area contributed by atoms with E-state index < -0.39 is 0 Å². The highest BCUT2D eigenvalue weighted by molar-refractivity contribution is 6.42. The second kappa shape index (κ2) is 8.09. The largest absolute Gasteiger partial charge is 0.369 e. The molecular weight excluding hydrogens is 357 g/mol. The van der Waals surface area contributed by atoms with Gasteiger partial charge in [-0.15, -0.1) is 0 Å². The third-order valence-corrected chi connectivity index (χ3v) is 5.20. The van der Waals surface area contributed by atoms with Crippen molar-refractivity contribution in [3.05, 3.63) is 63.6 Å². The van der Waals surface area contributed by atoms with Crippen LogP contribution in [0.1, 0.15) is 15.9 Å². The van der Waals surface area contributed by atoms with Gasteiger partial charge in [0.05, 0.1) is 10.0 Å². The molecule has 1 amide bonds. The normalized spacial score (nSPS) is 15.2. The molecule has 0 aromatic heterocycles. The third kappa shape index (κ3) is 4.46. The van der Waals surface area contributed by atoms with Gasteiger partial charge >= 0.3 is 0 Å². The topological polar surface area (TPSA) is 35.6 Å². The van der Waals surface area contributed by atoms with Crippen molar-refractivity contribution in [1.82, 2.24) is 10.2 Å². The number of nitrogens with one attached hydrogen (secondary N) is 1. The highest BCUT2D eigenvalue weighted by atomic mass is 35.5. The Labute approximate surface area is 158 Å². The van der Waals surface area contributed by atoms with E-state index in [1.54, 1.807) is 18.2 Å². The van der Waals surface area contributed by atoms with E-state index in [9.17, 15) is 4.79 Å². The molecular formula is C19H21Cl2N3O. The molecule has 6 heteroatoms. The minimum atomic E-state index is -0.160. The van der Waals surface area contributed by atoms with Gasteiger partial charge in [0.15, 0.2) is 0 Å². The summed E-state index contributed by atoms with van der Waals surface area (Å²) in [5.41, 5.74) is 2.80. The van der Waals surface area contributed by atoms with Crippen LogP contribution in [-0.2, 0) is 6.54 Å². The molecule has 0 aliphatic carbocycles. The van der Waals surface area contributed by atoms with Gasteiger partial charge in [0.25, 0.3) is 5.91 Å². The molecule has 1 aliphatic heterocycles. The highest BCUT2D eigenvalue weighted by Crippen LogP contribution is 2.24. The number of likely N-dealkylation sites (N-methyl/N-ethyl adjacent to an activating group) is 1. The van der Waals surface area contributed by atoms with E-state index in [-0.39, 0.29) is 5.91 Å². The Morgan fingerprint density at radius 1 is 1.04 bits per heavy atom. The van der Waals surface area contributed by atoms with Crippen molar-refractivity contribution < 1.29 is 4.79 Å². The molecule has 1 saturated heterocycles. The molecule has 0 bridgehead atoms. The van der Waals surface area contributed by atoms with Crippen molar-refractivity contribution in [3.8, 4) is 0 Å². The number of halogens is 2. The van der Waals surface area contributed by atoms with Gasteiger partial charge in [0.1, 0.15) is 0 Å². The van der Waals surface area contributed by atoms with Gasteiger partial charge < -0.3 is 15.1 Å². The number of hydrogen-bond donors (Lipinski definition) is 1. The van der Waals surface area contributed by atoms with E-state index in [4.69, 9.17) is 23.2 Å². The number of anilines is 1. The summed E-state index contributed by atoms with van der Waals surface area (Å²) >= 11 is 11.9. The number of hydrogen-bond acceptors (Lipinski definition) is 3. The first-order chi connectivity index (χ1) is 12.0. The molecule has 0 unspecified atom stereocenters. The molecule has 0 radical (unpaired) electrons. The Kier molecular flexibility index (Phi) is 5.84. The van der Waals surface area contributed by atoms with Crippen LogP contribution in [0.15, 0.2) is 42.5 Å².